The predicted octanol–water partition coefficient (Wildman–Crippen LogP) is 1.71. The van der Waals surface area contributed by atoms with Crippen LogP contribution in [0.25, 0.3) is 0 Å². The number of primary amides is 1. The van der Waals surface area contributed by atoms with E-state index in [1.165, 1.54) is 10.6 Å². The molecule has 208 valence electrons. The molecule has 2 saturated carbocycles. The summed E-state index contributed by atoms with van der Waals surface area (Å²) in [5.74, 6) is -18.3. The monoisotopic (exact) mass is 553 g/mol. The summed E-state index contributed by atoms with van der Waals surface area (Å²) < 4.78 is 268. The van der Waals surface area contributed by atoms with E-state index in [-0.39, 0.29) is 4.90 Å². The summed E-state index contributed by atoms with van der Waals surface area (Å²) in [6.07, 6.45) is -16.2. The number of likely N-dealkylation sites (tertiary alicyclic amines) is 1. The van der Waals surface area contributed by atoms with E-state index in [1.54, 1.807) is 0 Å². The van der Waals surface area contributed by atoms with Crippen molar-refractivity contribution in [3.05, 3.63) is 0 Å². The van der Waals surface area contributed by atoms with Gasteiger partial charge < -0.3 is 26.6 Å². The second-order valence-electron chi connectivity index (χ2n) is 8.59. The Kier molecular flexibility index (Phi) is 2.13. The van der Waals surface area contributed by atoms with Crippen LogP contribution in [0.4, 0.5) is 4.79 Å². The third-order valence-electron chi connectivity index (χ3n) is 5.77. The fourth-order valence-electron chi connectivity index (χ4n) is 4.00. The number of amides is 5. The van der Waals surface area contributed by atoms with Gasteiger partial charge in [0.05, 0.1) is 6.04 Å². The summed E-state index contributed by atoms with van der Waals surface area (Å²) >= 11 is 0. The smallest absolute Gasteiger partial charge is 0.315 e. The van der Waals surface area contributed by atoms with Gasteiger partial charge in [0, 0.05) is 57.3 Å². The lowest BCUT2D eigenvalue weighted by molar-refractivity contribution is -0.145. The molecule has 37 heavy (non-hydrogen) atoms. The van der Waals surface area contributed by atoms with Gasteiger partial charge in [-0.1, -0.05) is 53.4 Å². The van der Waals surface area contributed by atoms with E-state index < -0.39 is 169 Å². The van der Waals surface area contributed by atoms with Gasteiger partial charge in [0.2, 0.25) is 17.6 Å². The second kappa shape index (κ2) is 9.91. The minimum atomic E-state index is -4.79. The molecule has 2 aliphatic carbocycles. The number of ketones is 1. The Hall–Kier alpha value is -2.65. The molecule has 10 heteroatoms. The van der Waals surface area contributed by atoms with Gasteiger partial charge in [0.1, 0.15) is 12.1 Å². The largest absolute Gasteiger partial charge is 0.363 e. The first-order valence-electron chi connectivity index (χ1n) is 26.8. The Morgan fingerprint density at radius 2 is 1.81 bits per heavy atom. The summed E-state index contributed by atoms with van der Waals surface area (Å²) in [5.41, 5.74) is -7.41. The summed E-state index contributed by atoms with van der Waals surface area (Å²) in [7, 11) is 0. The molecule has 0 aromatic heterocycles. The van der Waals surface area contributed by atoms with Crippen LogP contribution in [0.15, 0.2) is 0 Å². The number of Topliss-reactive ketones (excluding diaryl/α,β-unsaturated/α-hetero) is 1. The third kappa shape index (κ3) is 6.26. The van der Waals surface area contributed by atoms with Gasteiger partial charge >= 0.3 is 6.03 Å². The van der Waals surface area contributed by atoms with E-state index in [9.17, 15) is 19.2 Å². The lowest BCUT2D eigenvalue weighted by atomic mass is 9.80. The molecule has 3 fully saturated rings. The summed E-state index contributed by atoms with van der Waals surface area (Å²) in [6, 6.07) is -13.1. The van der Waals surface area contributed by atoms with Crippen LogP contribution in [0.3, 0.4) is 0 Å². The molecule has 3 rings (SSSR count). The first kappa shape index (κ1) is 7.94. The van der Waals surface area contributed by atoms with Crippen LogP contribution >= 0.6 is 0 Å². The number of urea groups is 1. The number of piperidine rings is 1. The van der Waals surface area contributed by atoms with Crippen molar-refractivity contribution in [2.24, 2.45) is 34.3 Å². The molecule has 0 bridgehead atoms. The topological polar surface area (TPSA) is 151 Å². The highest BCUT2D eigenvalue weighted by atomic mass is 16.2. The minimum Gasteiger partial charge on any atom is -0.363 e. The van der Waals surface area contributed by atoms with E-state index in [1.807, 2.05) is 0 Å². The van der Waals surface area contributed by atoms with Crippen molar-refractivity contribution in [3.63, 3.8) is 0 Å². The standard InChI is InChI=1S/C27H45N5O5/c1-25(2,3)20(30-24(37)31-26(4,5)6)23(36)32-13-15-17(27(15,7)8)18(32)22(35)29-16(19(33)21(28)34)12-14-10-9-11-14/h14-18,20H,9-13H2,1-8H3,(H2,28,34)(H,29,35)(H2,30,31,37)/t15-,16?,17-,18-,20+/m0/s1/i1D3,2D3,3D3,4D3,5D3,6D3,7D3,8D3,9D2,10D2,11D2,12D2,14D. The van der Waals surface area contributed by atoms with E-state index >= 15 is 4.79 Å². The lowest BCUT2D eigenvalue weighted by Crippen LogP contribution is -2.62. The van der Waals surface area contributed by atoms with Crippen LogP contribution in [0.5, 0.6) is 0 Å². The number of nitrogens with one attached hydrogen (secondary N) is 3. The van der Waals surface area contributed by atoms with Gasteiger partial charge in [-0.15, -0.1) is 0 Å². The van der Waals surface area contributed by atoms with Crippen molar-refractivity contribution in [2.45, 2.75) is 104 Å². The van der Waals surface area contributed by atoms with Crippen molar-refractivity contribution >= 4 is 29.5 Å². The molecule has 10 nitrogen and oxygen atoms in total. The van der Waals surface area contributed by atoms with Crippen molar-refractivity contribution in [2.75, 3.05) is 6.54 Å². The van der Waals surface area contributed by atoms with Gasteiger partial charge in [0.15, 0.2) is 0 Å². The van der Waals surface area contributed by atoms with Crippen LogP contribution in [-0.2, 0) is 19.2 Å². The number of carbonyl (C=O) groups excluding carboxylic acids is 5. The highest BCUT2D eigenvalue weighted by Gasteiger charge is 2.70. The number of nitrogens with two attached hydrogens (primary N) is 1. The highest BCUT2D eigenvalue weighted by Crippen LogP contribution is 2.65. The quantitative estimate of drug-likeness (QED) is 0.338. The first-order chi connectivity index (χ1) is 30.2. The first-order valence-corrected chi connectivity index (χ1v) is 10.3. The Morgan fingerprint density at radius 3 is 2.38 bits per heavy atom. The van der Waals surface area contributed by atoms with E-state index in [2.05, 4.69) is 0 Å². The number of hydrogen-bond donors (Lipinski definition) is 4. The molecule has 0 aromatic rings. The number of rotatable bonds is 8. The average molecular weight is 553 g/mol. The number of nitrogens with zero attached hydrogens (tertiary/aromatic N) is 1. The van der Waals surface area contributed by atoms with E-state index in [4.69, 9.17) is 51.0 Å². The molecule has 1 heterocycles. The maximum Gasteiger partial charge on any atom is 0.315 e. The summed E-state index contributed by atoms with van der Waals surface area (Å²) in [5, 5.41) is 3.67. The van der Waals surface area contributed by atoms with Crippen molar-refractivity contribution in [1.29, 1.82) is 0 Å². The third-order valence-corrected chi connectivity index (χ3v) is 5.77. The SMILES string of the molecule is [2H]C([2H])([2H])C1(C([2H])([2H])[2H])[C@@H]2[C@@H](C(=O)NC(C(=O)C(N)=O)C([2H])([2H])C3([2H])C([2H])([2H])C([2H])([2H])C3([2H])[2H])N(C(=O)[C@@H](NC(=O)NC(C([2H])([2H])[2H])(C([2H])([2H])[2H])C([2H])([2H])[2H])C(C([2H])([2H])[2H])(C([2H])([2H])[2H])C([2H])([2H])[2H])C[C@@H]21. The number of fused-ring (bicyclic) bond motifs is 1. The fraction of sp³-hybridized carbons (Fsp3) is 0.815. The zero-order valence-corrected chi connectivity index (χ0v) is 18.7. The normalized spacial score (nSPS) is 47.5. The average Bonchev–Trinajstić information content (AvgIpc) is 3.62. The zero-order valence-electron chi connectivity index (χ0n) is 51.7. The van der Waals surface area contributed by atoms with Crippen LogP contribution in [0.2, 0.25) is 0 Å². The number of carbonyl (C=O) groups is 5. The molecule has 0 radical (unpaired) electrons. The maximum atomic E-state index is 15.1. The van der Waals surface area contributed by atoms with Gasteiger partial charge in [-0.25, -0.2) is 4.79 Å². The van der Waals surface area contributed by atoms with Gasteiger partial charge in [-0.05, 0) is 55.5 Å². The molecule has 5 N–H and O–H groups in total. The minimum absolute atomic E-state index is 0.202. The number of hydrogen-bond acceptors (Lipinski definition) is 5. The zero-order chi connectivity index (χ0) is 56.2. The Bertz CT molecular complexity index is 2020. The van der Waals surface area contributed by atoms with Crippen LogP contribution in [0.1, 0.15) is 126 Å². The molecule has 1 saturated heterocycles. The second-order valence-corrected chi connectivity index (χ2v) is 8.59. The molecule has 0 spiro atoms. The van der Waals surface area contributed by atoms with Gasteiger partial charge in [-0.2, -0.15) is 0 Å². The molecule has 1 aliphatic heterocycles. The molecular weight excluding hydrogens is 474 g/mol. The molecule has 1 unspecified atom stereocenters. The summed E-state index contributed by atoms with van der Waals surface area (Å²) in [6.45, 7) is -36.2. The molecular formula is C27H45N5O5. The maximum absolute atomic E-state index is 15.1. The van der Waals surface area contributed by atoms with Crippen molar-refractivity contribution < 1.29 is 69.2 Å². The van der Waals surface area contributed by atoms with E-state index in [0.29, 0.717) is 0 Å². The van der Waals surface area contributed by atoms with E-state index in [0.717, 1.165) is 5.32 Å². The molecule has 0 aromatic carbocycles. The van der Waals surface area contributed by atoms with Crippen LogP contribution in [-0.4, -0.2) is 64.6 Å². The summed E-state index contributed by atoms with van der Waals surface area (Å²) in [4.78, 5) is 69.4. The molecule has 3 aliphatic rings. The van der Waals surface area contributed by atoms with Gasteiger partial charge in [-0.3, -0.25) is 19.2 Å². The van der Waals surface area contributed by atoms with Crippen LogP contribution in [0, 0.1) is 28.6 Å². The Labute approximate surface area is 266 Å². The Balaban J connectivity index is 2.53. The van der Waals surface area contributed by atoms with Crippen LogP contribution < -0.4 is 21.7 Å². The van der Waals surface area contributed by atoms with Crippen molar-refractivity contribution in [1.82, 2.24) is 20.9 Å². The molecule has 5 amide bonds. The lowest BCUT2D eigenvalue weighted by Gasteiger charge is -2.38. The Morgan fingerprint density at radius 1 is 1.14 bits per heavy atom. The predicted molar refractivity (Wildman–Crippen MR) is 139 cm³/mol. The van der Waals surface area contributed by atoms with Crippen molar-refractivity contribution in [3.8, 4) is 0 Å². The van der Waals surface area contributed by atoms with Gasteiger partial charge in [0.25, 0.3) is 5.91 Å². The molecule has 5 atom stereocenters. The highest BCUT2D eigenvalue weighted by molar-refractivity contribution is 6.37. The fourth-order valence-corrected chi connectivity index (χ4v) is 4.00.